The van der Waals surface area contributed by atoms with E-state index < -0.39 is 5.97 Å². The lowest BCUT2D eigenvalue weighted by Crippen LogP contribution is -2.15. The number of unbranched alkanes of at least 4 members (excludes halogenated alkanes) is 1. The molecule has 0 aromatic heterocycles. The third kappa shape index (κ3) is 8.25. The zero-order valence-corrected chi connectivity index (χ0v) is 10.5. The van der Waals surface area contributed by atoms with Gasteiger partial charge in [-0.2, -0.15) is 0 Å². The lowest BCUT2D eigenvalue weighted by Gasteiger charge is -2.12. The fourth-order valence-electron chi connectivity index (χ4n) is 1.11. The highest BCUT2D eigenvalue weighted by atomic mass is 16.5. The van der Waals surface area contributed by atoms with Crippen molar-refractivity contribution in [3.63, 3.8) is 0 Å². The van der Waals surface area contributed by atoms with Crippen LogP contribution in [0.1, 0.15) is 33.1 Å². The summed E-state index contributed by atoms with van der Waals surface area (Å²) < 4.78 is 9.91. The lowest BCUT2D eigenvalue weighted by atomic mass is 10.2. The quantitative estimate of drug-likeness (QED) is 0.371. The third-order valence-corrected chi connectivity index (χ3v) is 2.07. The molecule has 0 spiro atoms. The van der Waals surface area contributed by atoms with Crippen molar-refractivity contribution >= 4 is 11.9 Å². The van der Waals surface area contributed by atoms with Gasteiger partial charge in [-0.15, -0.1) is 0 Å². The predicted octanol–water partition coefficient (Wildman–Crippen LogP) is 2.39. The number of esters is 2. The summed E-state index contributed by atoms with van der Waals surface area (Å²) in [6.07, 6.45) is 3.31. The van der Waals surface area contributed by atoms with Crippen LogP contribution in [0.2, 0.25) is 0 Å². The summed E-state index contributed by atoms with van der Waals surface area (Å²) in [4.78, 5) is 21.9. The van der Waals surface area contributed by atoms with E-state index in [0.29, 0.717) is 12.2 Å². The van der Waals surface area contributed by atoms with Crippen LogP contribution in [0, 0.1) is 0 Å². The van der Waals surface area contributed by atoms with Gasteiger partial charge in [-0.05, 0) is 33.1 Å². The molecule has 0 aliphatic rings. The van der Waals surface area contributed by atoms with Crippen molar-refractivity contribution in [3.05, 3.63) is 24.8 Å². The highest BCUT2D eigenvalue weighted by Gasteiger charge is 2.09. The van der Waals surface area contributed by atoms with E-state index in [1.807, 2.05) is 6.92 Å². The van der Waals surface area contributed by atoms with E-state index in [2.05, 4.69) is 13.2 Å². The fraction of sp³-hybridized carbons (Fsp3) is 0.538. The molecule has 0 aliphatic carbocycles. The zero-order chi connectivity index (χ0) is 13.3. The summed E-state index contributed by atoms with van der Waals surface area (Å²) in [5.74, 6) is -0.776. The average molecular weight is 240 g/mol. The molecule has 17 heavy (non-hydrogen) atoms. The van der Waals surface area contributed by atoms with Gasteiger partial charge < -0.3 is 9.47 Å². The van der Waals surface area contributed by atoms with Crippen molar-refractivity contribution in [1.82, 2.24) is 0 Å². The summed E-state index contributed by atoms with van der Waals surface area (Å²) in [5.41, 5.74) is 0.400. The molecule has 0 fully saturated rings. The number of carbonyl (C=O) groups is 2. The zero-order valence-electron chi connectivity index (χ0n) is 10.5. The number of hydrogen-bond acceptors (Lipinski definition) is 4. The molecule has 0 aromatic carbocycles. The van der Waals surface area contributed by atoms with Gasteiger partial charge in [-0.3, -0.25) is 0 Å². The second-order valence-corrected chi connectivity index (χ2v) is 3.86. The number of carbonyl (C=O) groups excluding carboxylic acids is 2. The smallest absolute Gasteiger partial charge is 0.333 e. The first-order chi connectivity index (χ1) is 7.97. The van der Waals surface area contributed by atoms with Crippen LogP contribution in [-0.2, 0) is 19.1 Å². The molecule has 0 aliphatic heterocycles. The molecule has 0 N–H and O–H groups in total. The topological polar surface area (TPSA) is 52.6 Å². The molecule has 0 saturated heterocycles. The maximum atomic E-state index is 11.2. The second-order valence-electron chi connectivity index (χ2n) is 3.86. The summed E-state index contributed by atoms with van der Waals surface area (Å²) in [6, 6.07) is 0. The van der Waals surface area contributed by atoms with Gasteiger partial charge in [-0.1, -0.05) is 13.2 Å². The molecule has 0 bridgehead atoms. The van der Waals surface area contributed by atoms with Gasteiger partial charge in [0.2, 0.25) is 0 Å². The highest BCUT2D eigenvalue weighted by Crippen LogP contribution is 2.07. The summed E-state index contributed by atoms with van der Waals surface area (Å²) in [5, 5.41) is 0. The molecule has 4 nitrogen and oxygen atoms in total. The normalized spacial score (nSPS) is 11.4. The van der Waals surface area contributed by atoms with Gasteiger partial charge in [0.15, 0.2) is 0 Å². The van der Waals surface area contributed by atoms with Gasteiger partial charge in [0.1, 0.15) is 0 Å². The van der Waals surface area contributed by atoms with Crippen molar-refractivity contribution in [2.24, 2.45) is 0 Å². The molecule has 96 valence electrons. The van der Waals surface area contributed by atoms with E-state index in [4.69, 9.17) is 9.47 Å². The first-order valence-electron chi connectivity index (χ1n) is 5.63. The molecule has 0 aromatic rings. The molecule has 0 rings (SSSR count). The molecule has 1 unspecified atom stereocenters. The van der Waals surface area contributed by atoms with E-state index in [9.17, 15) is 9.59 Å². The largest absolute Gasteiger partial charge is 0.463 e. The molecule has 4 heteroatoms. The minimum atomic E-state index is -0.410. The van der Waals surface area contributed by atoms with Gasteiger partial charge in [0.25, 0.3) is 0 Å². The first-order valence-corrected chi connectivity index (χ1v) is 5.63. The van der Waals surface area contributed by atoms with Crippen LogP contribution < -0.4 is 0 Å². The minimum Gasteiger partial charge on any atom is -0.463 e. The molecule has 0 amide bonds. The maximum absolute atomic E-state index is 11.2. The molecular formula is C13H20O4. The SMILES string of the molecule is C=CC(=O)OCCCCC(C)OC(=O)C(=C)C. The van der Waals surface area contributed by atoms with Gasteiger partial charge in [0.05, 0.1) is 12.7 Å². The predicted molar refractivity (Wildman–Crippen MR) is 65.4 cm³/mol. The van der Waals surface area contributed by atoms with E-state index in [-0.39, 0.29) is 12.1 Å². The Bertz CT molecular complexity index is 294. The Hall–Kier alpha value is -1.58. The monoisotopic (exact) mass is 240 g/mol. The molecule has 0 heterocycles. The fourth-order valence-corrected chi connectivity index (χ4v) is 1.11. The summed E-state index contributed by atoms with van der Waals surface area (Å²) in [7, 11) is 0. The standard InChI is InChI=1S/C13H20O4/c1-5-12(14)16-9-7-6-8-11(4)17-13(15)10(2)3/h5,11H,1-2,6-9H2,3-4H3. The molecular weight excluding hydrogens is 220 g/mol. The maximum Gasteiger partial charge on any atom is 0.333 e. The van der Waals surface area contributed by atoms with E-state index >= 15 is 0 Å². The van der Waals surface area contributed by atoms with E-state index in [1.165, 1.54) is 0 Å². The Morgan fingerprint density at radius 1 is 1.35 bits per heavy atom. The Kier molecular flexibility index (Phi) is 7.76. The summed E-state index contributed by atoms with van der Waals surface area (Å²) in [6.45, 7) is 10.6. The van der Waals surface area contributed by atoms with Gasteiger partial charge in [-0.25, -0.2) is 9.59 Å². The van der Waals surface area contributed by atoms with Crippen LogP contribution in [-0.4, -0.2) is 24.6 Å². The first kappa shape index (κ1) is 15.4. The third-order valence-electron chi connectivity index (χ3n) is 2.07. The average Bonchev–Trinajstić information content (AvgIpc) is 2.27. The second kappa shape index (κ2) is 8.56. The van der Waals surface area contributed by atoms with Crippen LogP contribution in [0.25, 0.3) is 0 Å². The molecule has 0 radical (unpaired) electrons. The van der Waals surface area contributed by atoms with Crippen LogP contribution in [0.4, 0.5) is 0 Å². The van der Waals surface area contributed by atoms with Crippen molar-refractivity contribution in [2.45, 2.75) is 39.2 Å². The number of hydrogen-bond donors (Lipinski definition) is 0. The van der Waals surface area contributed by atoms with Gasteiger partial charge >= 0.3 is 11.9 Å². The van der Waals surface area contributed by atoms with Crippen molar-refractivity contribution in [3.8, 4) is 0 Å². The highest BCUT2D eigenvalue weighted by molar-refractivity contribution is 5.87. The van der Waals surface area contributed by atoms with E-state index in [0.717, 1.165) is 25.3 Å². The Balaban J connectivity index is 3.55. The number of ether oxygens (including phenoxy) is 2. The van der Waals surface area contributed by atoms with Crippen molar-refractivity contribution < 1.29 is 19.1 Å². The Morgan fingerprint density at radius 3 is 2.53 bits per heavy atom. The summed E-state index contributed by atoms with van der Waals surface area (Å²) >= 11 is 0. The van der Waals surface area contributed by atoms with Crippen LogP contribution in [0.3, 0.4) is 0 Å². The van der Waals surface area contributed by atoms with Crippen LogP contribution in [0.5, 0.6) is 0 Å². The Labute approximate surface area is 102 Å². The number of rotatable bonds is 8. The van der Waals surface area contributed by atoms with Crippen molar-refractivity contribution in [1.29, 1.82) is 0 Å². The van der Waals surface area contributed by atoms with Gasteiger partial charge in [0, 0.05) is 11.6 Å². The van der Waals surface area contributed by atoms with E-state index in [1.54, 1.807) is 6.92 Å². The molecule has 0 saturated carbocycles. The van der Waals surface area contributed by atoms with Crippen LogP contribution in [0.15, 0.2) is 24.8 Å². The molecule has 1 atom stereocenters. The lowest BCUT2D eigenvalue weighted by molar-refractivity contribution is -0.143. The minimum absolute atomic E-state index is 0.144. The van der Waals surface area contributed by atoms with Crippen LogP contribution >= 0.6 is 0 Å². The Morgan fingerprint density at radius 2 is 2.00 bits per heavy atom. The van der Waals surface area contributed by atoms with Crippen molar-refractivity contribution in [2.75, 3.05) is 6.61 Å².